The Morgan fingerprint density at radius 1 is 1.16 bits per heavy atom. The van der Waals surface area contributed by atoms with Gasteiger partial charge in [-0.1, -0.05) is 11.2 Å². The summed E-state index contributed by atoms with van der Waals surface area (Å²) in [5, 5.41) is 8.89. The Labute approximate surface area is 209 Å². The second kappa shape index (κ2) is 9.49. The summed E-state index contributed by atoms with van der Waals surface area (Å²) in [7, 11) is 0. The number of aromatic nitrogens is 4. The molecule has 4 heterocycles. The van der Waals surface area contributed by atoms with E-state index < -0.39 is 35.3 Å². The number of rotatable bonds is 5. The van der Waals surface area contributed by atoms with Crippen molar-refractivity contribution in [2.75, 3.05) is 11.9 Å². The first-order chi connectivity index (χ1) is 18.1. The maximum absolute atomic E-state index is 14.7. The zero-order valence-electron chi connectivity index (χ0n) is 19.0. The number of hydrogen-bond acceptors (Lipinski definition) is 8. The minimum atomic E-state index is -5.09. The molecule has 0 bridgehead atoms. The summed E-state index contributed by atoms with van der Waals surface area (Å²) in [6, 6.07) is 8.30. The molecule has 4 aromatic rings. The first-order valence-corrected chi connectivity index (χ1v) is 10.9. The average molecular weight is 532 g/mol. The molecular weight excluding hydrogens is 516 g/mol. The predicted octanol–water partition coefficient (Wildman–Crippen LogP) is 3.71. The van der Waals surface area contributed by atoms with Crippen LogP contribution in [0.5, 0.6) is 11.5 Å². The van der Waals surface area contributed by atoms with Gasteiger partial charge < -0.3 is 20.1 Å². The van der Waals surface area contributed by atoms with Crippen molar-refractivity contribution in [3.8, 4) is 23.0 Å². The number of ether oxygens (including phenoxy) is 2. The minimum absolute atomic E-state index is 0.0834. The smallest absolute Gasteiger partial charge is 0.491 e. The number of H-pyrrole nitrogens is 1. The molecule has 5 rings (SSSR count). The number of hydrogen-bond donors (Lipinski definition) is 3. The van der Waals surface area contributed by atoms with Gasteiger partial charge in [0, 0.05) is 12.6 Å². The van der Waals surface area contributed by atoms with Gasteiger partial charge in [-0.2, -0.15) is 0 Å². The number of nitrogens with zero attached hydrogens (tertiary/aromatic N) is 3. The fourth-order valence-corrected chi connectivity index (χ4v) is 4.01. The number of alkyl halides is 3. The van der Waals surface area contributed by atoms with E-state index in [1.54, 1.807) is 12.1 Å². The molecule has 0 unspecified atom stereocenters. The molecule has 38 heavy (non-hydrogen) atoms. The normalized spacial score (nSPS) is 16.7. The van der Waals surface area contributed by atoms with E-state index in [1.165, 1.54) is 30.6 Å². The number of nitrogens with one attached hydrogen (secondary N) is 3. The predicted molar refractivity (Wildman–Crippen MR) is 121 cm³/mol. The zero-order chi connectivity index (χ0) is 26.9. The number of carbonyl (C=O) groups excluding carboxylic acids is 1. The summed E-state index contributed by atoms with van der Waals surface area (Å²) in [6.07, 6.45) is -2.26. The van der Waals surface area contributed by atoms with Gasteiger partial charge in [-0.25, -0.2) is 14.0 Å². The lowest BCUT2D eigenvalue weighted by molar-refractivity contribution is -0.275. The van der Waals surface area contributed by atoms with E-state index in [4.69, 9.17) is 4.74 Å². The molecule has 0 radical (unpaired) electrons. The van der Waals surface area contributed by atoms with E-state index in [1.807, 2.05) is 0 Å². The number of pyridine rings is 2. The first-order valence-electron chi connectivity index (χ1n) is 10.9. The van der Waals surface area contributed by atoms with Crippen molar-refractivity contribution < 1.29 is 36.4 Å². The summed E-state index contributed by atoms with van der Waals surface area (Å²) >= 11 is 0. The molecule has 0 saturated carbocycles. The van der Waals surface area contributed by atoms with E-state index in [-0.39, 0.29) is 41.5 Å². The summed E-state index contributed by atoms with van der Waals surface area (Å²) in [6.45, 7) is 0.0908. The Hall–Kier alpha value is -4.95. The van der Waals surface area contributed by atoms with Crippen LogP contribution in [0.1, 0.15) is 17.7 Å². The van der Waals surface area contributed by atoms with Crippen molar-refractivity contribution in [2.24, 2.45) is 0 Å². The van der Waals surface area contributed by atoms with Crippen LogP contribution in [-0.2, 0) is 5.54 Å². The molecule has 15 heteroatoms. The molecule has 2 amide bonds. The van der Waals surface area contributed by atoms with Gasteiger partial charge in [0.1, 0.15) is 22.7 Å². The third-order valence-electron chi connectivity index (χ3n) is 5.59. The maximum Gasteiger partial charge on any atom is 0.573 e. The van der Waals surface area contributed by atoms with Crippen molar-refractivity contribution >= 4 is 11.7 Å². The molecule has 196 valence electrons. The highest BCUT2D eigenvalue weighted by atomic mass is 19.4. The molecule has 0 aliphatic carbocycles. The molecule has 0 fully saturated rings. The van der Waals surface area contributed by atoms with Crippen molar-refractivity contribution in [1.29, 1.82) is 0 Å². The van der Waals surface area contributed by atoms with Crippen LogP contribution in [-0.4, -0.2) is 39.1 Å². The highest BCUT2D eigenvalue weighted by Crippen LogP contribution is 2.41. The van der Waals surface area contributed by atoms with E-state index >= 15 is 0 Å². The van der Waals surface area contributed by atoms with Crippen LogP contribution < -0.4 is 25.9 Å². The van der Waals surface area contributed by atoms with Gasteiger partial charge in [0.25, 0.3) is 0 Å². The molecule has 3 N–H and O–H groups in total. The Morgan fingerprint density at radius 2 is 2.00 bits per heavy atom. The third-order valence-corrected chi connectivity index (χ3v) is 5.59. The number of benzene rings is 1. The number of carbonyl (C=O) groups is 1. The summed E-state index contributed by atoms with van der Waals surface area (Å²) in [5.74, 6) is -2.66. The summed E-state index contributed by atoms with van der Waals surface area (Å²) in [4.78, 5) is 35.0. The molecular formula is C23H16F4N6O5. The lowest BCUT2D eigenvalue weighted by atomic mass is 9.81. The fraction of sp³-hybridized carbons (Fsp3) is 0.174. The van der Waals surface area contributed by atoms with Crippen LogP contribution in [0, 0.1) is 5.82 Å². The number of fused-ring (bicyclic) bond motifs is 1. The fourth-order valence-electron chi connectivity index (χ4n) is 4.01. The van der Waals surface area contributed by atoms with Crippen LogP contribution in [0.25, 0.3) is 11.5 Å². The van der Waals surface area contributed by atoms with E-state index in [0.717, 1.165) is 12.1 Å². The number of halogens is 4. The standard InChI is InChI=1S/C23H16F4N6O5/c24-14-10-12(3-6-16(14)37-23(25,26)27)22(7-9-36-17-2-1-8-28-18(17)22)32-20(34)30-13-4-5-15(29-11-13)19-31-21(35)38-33-19/h1-6,8,10-11H,7,9H2,(H2,30,32,34)(H,31,33,35)/t22-/m0/s1. The molecule has 1 atom stereocenters. The molecule has 1 aliphatic rings. The lowest BCUT2D eigenvalue weighted by Crippen LogP contribution is -2.51. The van der Waals surface area contributed by atoms with E-state index in [2.05, 4.69) is 40.0 Å². The topological polar surface area (TPSA) is 144 Å². The number of anilines is 1. The van der Waals surface area contributed by atoms with E-state index in [9.17, 15) is 27.2 Å². The lowest BCUT2D eigenvalue weighted by Gasteiger charge is -2.39. The van der Waals surface area contributed by atoms with Crippen LogP contribution in [0.15, 0.2) is 64.2 Å². The Bertz CT molecular complexity index is 1540. The number of amides is 2. The van der Waals surface area contributed by atoms with Gasteiger partial charge in [0.2, 0.25) is 5.82 Å². The van der Waals surface area contributed by atoms with Gasteiger partial charge in [0.05, 0.1) is 18.5 Å². The van der Waals surface area contributed by atoms with Crippen LogP contribution >= 0.6 is 0 Å². The highest BCUT2D eigenvalue weighted by Gasteiger charge is 2.43. The number of aromatic amines is 1. The van der Waals surface area contributed by atoms with Crippen molar-refractivity contribution in [3.05, 3.63) is 82.5 Å². The average Bonchev–Trinajstić information content (AvgIpc) is 3.31. The van der Waals surface area contributed by atoms with Crippen LogP contribution in [0.2, 0.25) is 0 Å². The number of urea groups is 1. The van der Waals surface area contributed by atoms with Gasteiger partial charge in [-0.05, 0) is 42.0 Å². The maximum atomic E-state index is 14.7. The largest absolute Gasteiger partial charge is 0.573 e. The SMILES string of the molecule is O=C(Nc1ccc(-c2noc(=O)[nH]2)nc1)N[C@]1(c2ccc(OC(F)(F)F)c(F)c2)CCOc2cccnc21. The van der Waals surface area contributed by atoms with Gasteiger partial charge >= 0.3 is 18.1 Å². The van der Waals surface area contributed by atoms with Crippen LogP contribution in [0.3, 0.4) is 0 Å². The van der Waals surface area contributed by atoms with Crippen molar-refractivity contribution in [3.63, 3.8) is 0 Å². The molecule has 1 aliphatic heterocycles. The zero-order valence-corrected chi connectivity index (χ0v) is 19.0. The Morgan fingerprint density at radius 3 is 2.68 bits per heavy atom. The van der Waals surface area contributed by atoms with Crippen molar-refractivity contribution in [2.45, 2.75) is 18.3 Å². The Balaban J connectivity index is 1.45. The highest BCUT2D eigenvalue weighted by molar-refractivity contribution is 5.90. The summed E-state index contributed by atoms with van der Waals surface area (Å²) in [5.41, 5.74) is -0.595. The molecule has 11 nitrogen and oxygen atoms in total. The molecule has 0 spiro atoms. The van der Waals surface area contributed by atoms with E-state index in [0.29, 0.717) is 5.75 Å². The van der Waals surface area contributed by atoms with Gasteiger partial charge in [-0.15, -0.1) is 13.2 Å². The summed E-state index contributed by atoms with van der Waals surface area (Å²) < 4.78 is 66.4. The van der Waals surface area contributed by atoms with Crippen molar-refractivity contribution in [1.82, 2.24) is 25.4 Å². The monoisotopic (exact) mass is 532 g/mol. The minimum Gasteiger partial charge on any atom is -0.491 e. The first kappa shape index (κ1) is 24.7. The van der Waals surface area contributed by atoms with Gasteiger partial charge in [0.15, 0.2) is 11.6 Å². The second-order valence-electron chi connectivity index (χ2n) is 8.00. The Kier molecular flexibility index (Phi) is 6.18. The second-order valence-corrected chi connectivity index (χ2v) is 8.00. The quantitative estimate of drug-likeness (QED) is 0.330. The molecule has 3 aromatic heterocycles. The molecule has 0 saturated heterocycles. The van der Waals surface area contributed by atoms with Gasteiger partial charge in [-0.3, -0.25) is 19.5 Å². The molecule has 1 aromatic carbocycles. The third kappa shape index (κ3) is 4.98. The van der Waals surface area contributed by atoms with Crippen LogP contribution in [0.4, 0.5) is 28.0 Å².